The summed E-state index contributed by atoms with van der Waals surface area (Å²) < 4.78 is 16.0. The normalized spacial score (nSPS) is 34.9. The third kappa shape index (κ3) is 2.58. The molecular weight excluding hydrogens is 475 g/mol. The highest BCUT2D eigenvalue weighted by Crippen LogP contribution is 2.54. The summed E-state index contributed by atoms with van der Waals surface area (Å²) in [4.78, 5) is 38.5. The zero-order valence-corrected chi connectivity index (χ0v) is 19.0. The number of aromatic hydroxyl groups is 1. The van der Waals surface area contributed by atoms with Crippen LogP contribution >= 0.6 is 0 Å². The molecule has 6 rings (SSSR count). The Bertz CT molecular complexity index is 1350. The van der Waals surface area contributed by atoms with Crippen LogP contribution in [0.4, 0.5) is 10.1 Å². The molecule has 1 fully saturated rings. The smallest absolute Gasteiger partial charge is 0.255 e. The zero-order valence-electron chi connectivity index (χ0n) is 19.0. The van der Waals surface area contributed by atoms with E-state index in [1.54, 1.807) is 0 Å². The van der Waals surface area contributed by atoms with Crippen molar-refractivity contribution in [3.05, 3.63) is 45.2 Å². The van der Waals surface area contributed by atoms with Gasteiger partial charge >= 0.3 is 0 Å². The van der Waals surface area contributed by atoms with E-state index in [0.29, 0.717) is 13.1 Å². The number of nitrogens with one attached hydrogen (secondary N) is 2. The first-order valence-electron chi connectivity index (χ1n) is 11.8. The molecule has 3 aliphatic carbocycles. The number of anilines is 1. The second kappa shape index (κ2) is 7.28. The van der Waals surface area contributed by atoms with Crippen LogP contribution in [0.15, 0.2) is 22.7 Å². The first-order valence-corrected chi connectivity index (χ1v) is 11.8. The van der Waals surface area contributed by atoms with Crippen LogP contribution in [-0.2, 0) is 16.0 Å². The number of benzene rings is 1. The Morgan fingerprint density at radius 1 is 1.19 bits per heavy atom. The number of phenols is 1. The monoisotopic (exact) mass is 500 g/mol. The summed E-state index contributed by atoms with van der Waals surface area (Å²) in [5, 5.41) is 50.2. The molecule has 2 aliphatic heterocycles. The molecule has 10 N–H and O–H groups in total. The number of primary amides is 1. The first kappa shape index (κ1) is 23.0. The van der Waals surface area contributed by atoms with Gasteiger partial charge in [-0.25, -0.2) is 4.39 Å². The molecule has 0 bridgehead atoms. The minimum atomic E-state index is -2.80. The molecule has 1 saturated heterocycles. The molecule has 190 valence electrons. The zero-order chi connectivity index (χ0) is 25.8. The Balaban J connectivity index is 1.54. The third-order valence-corrected chi connectivity index (χ3v) is 8.60. The minimum Gasteiger partial charge on any atom is -0.510 e. The van der Waals surface area contributed by atoms with Gasteiger partial charge in [-0.1, -0.05) is 0 Å². The molecule has 11 nitrogen and oxygen atoms in total. The van der Waals surface area contributed by atoms with Crippen molar-refractivity contribution in [1.29, 1.82) is 0 Å². The minimum absolute atomic E-state index is 0.0207. The lowest BCUT2D eigenvalue weighted by Gasteiger charge is -2.48. The highest BCUT2D eigenvalue weighted by Gasteiger charge is 2.62. The molecule has 12 heteroatoms. The maximum absolute atomic E-state index is 16.0. The predicted molar refractivity (Wildman–Crippen MR) is 121 cm³/mol. The Morgan fingerprint density at radius 3 is 2.61 bits per heavy atom. The molecule has 36 heavy (non-hydrogen) atoms. The number of allylic oxidation sites excluding steroid dienone is 1. The van der Waals surface area contributed by atoms with Crippen molar-refractivity contribution in [2.24, 2.45) is 29.2 Å². The number of carbonyl (C=O) groups excluding carboxylic acids is 3. The molecule has 6 atom stereocenters. The van der Waals surface area contributed by atoms with Gasteiger partial charge in [-0.3, -0.25) is 14.4 Å². The van der Waals surface area contributed by atoms with Crippen LogP contribution in [0, 0.1) is 23.6 Å². The number of rotatable bonds is 1. The third-order valence-electron chi connectivity index (χ3n) is 8.60. The summed E-state index contributed by atoms with van der Waals surface area (Å²) >= 11 is 0. The standard InChI is InChI=1S/C24H25FN4O7/c25-14-8-3-7-4-9-15(26)19(31)13(23(27)35)22(34)24(9,36)21(33)10(7)18(30)11(8)20(32)17-12(14)16-6(5-29-17)1-2-28-16/h6-7,9,15-16,28-29,31-33,36H,1-5,26H2,(H2,27,35)/t6?,7-,9-,15-,16?,24-/m0/s1. The number of halogens is 1. The largest absolute Gasteiger partial charge is 0.510 e. The second-order valence-electron chi connectivity index (χ2n) is 10.2. The van der Waals surface area contributed by atoms with Crippen LogP contribution in [0.1, 0.15) is 40.4 Å². The number of amides is 1. The summed E-state index contributed by atoms with van der Waals surface area (Å²) in [6.07, 6.45) is 0.530. The van der Waals surface area contributed by atoms with Crippen molar-refractivity contribution in [3.8, 4) is 5.75 Å². The van der Waals surface area contributed by atoms with Gasteiger partial charge in [0, 0.05) is 35.2 Å². The van der Waals surface area contributed by atoms with Gasteiger partial charge in [0.25, 0.3) is 5.91 Å². The van der Waals surface area contributed by atoms with Crippen LogP contribution in [0.5, 0.6) is 5.75 Å². The molecule has 2 heterocycles. The van der Waals surface area contributed by atoms with Crippen LogP contribution in [0.2, 0.25) is 0 Å². The van der Waals surface area contributed by atoms with Crippen molar-refractivity contribution >= 4 is 23.2 Å². The number of ketones is 2. The van der Waals surface area contributed by atoms with E-state index in [1.807, 2.05) is 0 Å². The summed E-state index contributed by atoms with van der Waals surface area (Å²) in [6, 6.07) is -1.78. The summed E-state index contributed by atoms with van der Waals surface area (Å²) in [6.45, 7) is 1.16. The molecule has 0 radical (unpaired) electrons. The van der Waals surface area contributed by atoms with Crippen molar-refractivity contribution in [3.63, 3.8) is 0 Å². The topological polar surface area (TPSA) is 208 Å². The quantitative estimate of drug-likeness (QED) is 0.187. The summed E-state index contributed by atoms with van der Waals surface area (Å²) in [7, 11) is 0. The number of hydrogen-bond acceptors (Lipinski definition) is 10. The molecule has 5 aliphatic rings. The van der Waals surface area contributed by atoms with Gasteiger partial charge in [-0.15, -0.1) is 0 Å². The van der Waals surface area contributed by atoms with E-state index in [2.05, 4.69) is 10.6 Å². The lowest BCUT2D eigenvalue weighted by atomic mass is 9.59. The van der Waals surface area contributed by atoms with Gasteiger partial charge < -0.3 is 42.5 Å². The number of fused-ring (bicyclic) bond motifs is 6. The van der Waals surface area contributed by atoms with Gasteiger partial charge in [0.2, 0.25) is 5.78 Å². The van der Waals surface area contributed by atoms with Gasteiger partial charge in [-0.2, -0.15) is 0 Å². The van der Waals surface area contributed by atoms with E-state index in [4.69, 9.17) is 11.5 Å². The SMILES string of the molecule is NC(=O)C1=C(O)[C@@H](N)[C@@H]2C[C@@H]3Cc4c(F)c5c(c(O)c4C(=O)C3=C(O)[C@]2(O)C1=O)NCC1CCNC51. The molecule has 1 amide bonds. The highest BCUT2D eigenvalue weighted by molar-refractivity contribution is 6.24. The van der Waals surface area contributed by atoms with E-state index in [1.165, 1.54) is 0 Å². The van der Waals surface area contributed by atoms with Crippen molar-refractivity contribution in [2.75, 3.05) is 18.4 Å². The van der Waals surface area contributed by atoms with Crippen molar-refractivity contribution < 1.29 is 39.2 Å². The molecule has 0 saturated carbocycles. The average molecular weight is 500 g/mol. The number of hydrogen-bond donors (Lipinski definition) is 8. The fraction of sp³-hybridized carbons (Fsp3) is 0.458. The first-order chi connectivity index (χ1) is 17.0. The Morgan fingerprint density at radius 2 is 1.92 bits per heavy atom. The van der Waals surface area contributed by atoms with Gasteiger partial charge in [-0.05, 0) is 37.6 Å². The predicted octanol–water partition coefficient (Wildman–Crippen LogP) is -0.267. The molecular formula is C24H25FN4O7. The number of carbonyl (C=O) groups is 3. The number of nitrogens with two attached hydrogens (primary N) is 2. The van der Waals surface area contributed by atoms with Crippen molar-refractivity contribution in [1.82, 2.24) is 5.32 Å². The molecule has 2 unspecified atom stereocenters. The molecule has 1 aromatic carbocycles. The molecule has 1 aromatic rings. The van der Waals surface area contributed by atoms with Crippen LogP contribution < -0.4 is 22.1 Å². The van der Waals surface area contributed by atoms with Crippen LogP contribution in [-0.4, -0.2) is 62.6 Å². The maximum Gasteiger partial charge on any atom is 0.255 e. The van der Waals surface area contributed by atoms with Crippen LogP contribution in [0.25, 0.3) is 0 Å². The fourth-order valence-electron chi connectivity index (χ4n) is 6.85. The van der Waals surface area contributed by atoms with E-state index in [-0.39, 0.29) is 52.8 Å². The average Bonchev–Trinajstić information content (AvgIpc) is 3.31. The van der Waals surface area contributed by atoms with E-state index >= 15 is 4.39 Å². The fourth-order valence-corrected chi connectivity index (χ4v) is 6.85. The van der Waals surface area contributed by atoms with Crippen LogP contribution in [0.3, 0.4) is 0 Å². The van der Waals surface area contributed by atoms with Gasteiger partial charge in [0.05, 0.1) is 17.3 Å². The van der Waals surface area contributed by atoms with Gasteiger partial charge in [0.15, 0.2) is 17.1 Å². The van der Waals surface area contributed by atoms with Crippen molar-refractivity contribution in [2.45, 2.75) is 36.9 Å². The molecule has 0 aromatic heterocycles. The lowest BCUT2D eigenvalue weighted by molar-refractivity contribution is -0.145. The highest BCUT2D eigenvalue weighted by atomic mass is 19.1. The lowest BCUT2D eigenvalue weighted by Crippen LogP contribution is -2.63. The van der Waals surface area contributed by atoms with E-state index < -0.39 is 69.6 Å². The second-order valence-corrected chi connectivity index (χ2v) is 10.2. The summed E-state index contributed by atoms with van der Waals surface area (Å²) in [5.74, 6) is -8.67. The van der Waals surface area contributed by atoms with E-state index in [9.17, 15) is 34.8 Å². The Hall–Kier alpha value is -3.48. The maximum atomic E-state index is 16.0. The Kier molecular flexibility index (Phi) is 4.64. The van der Waals surface area contributed by atoms with E-state index in [0.717, 1.165) is 6.42 Å². The number of aliphatic hydroxyl groups excluding tert-OH is 2. The Labute approximate surface area is 203 Å². The summed E-state index contributed by atoms with van der Waals surface area (Å²) in [5.41, 5.74) is 7.11. The van der Waals surface area contributed by atoms with Gasteiger partial charge in [0.1, 0.15) is 22.9 Å². The number of Topliss-reactive ketones (excluding diaryl/α,β-unsaturated/α-hetero) is 2. The number of phenolic OH excluding ortho intramolecular Hbond substituents is 1. The number of aliphatic hydroxyl groups is 3. The molecule has 0 spiro atoms.